The number of rotatable bonds is 4. The predicted molar refractivity (Wildman–Crippen MR) is 79.8 cm³/mol. The number of fused-ring (bicyclic) bond motifs is 1. The Bertz CT molecular complexity index is 864. The van der Waals surface area contributed by atoms with Gasteiger partial charge in [-0.2, -0.15) is 13.2 Å². The van der Waals surface area contributed by atoms with Gasteiger partial charge in [0.05, 0.1) is 16.6 Å². The molecule has 0 bridgehead atoms. The Kier molecular flexibility index (Phi) is 4.41. The van der Waals surface area contributed by atoms with E-state index in [2.05, 4.69) is 0 Å². The van der Waals surface area contributed by atoms with Gasteiger partial charge in [0.1, 0.15) is 12.2 Å². The second-order valence-corrected chi connectivity index (χ2v) is 5.25. The van der Waals surface area contributed by atoms with E-state index >= 15 is 0 Å². The third-order valence-corrected chi connectivity index (χ3v) is 3.56. The molecule has 0 saturated carbocycles. The average molecular weight is 369 g/mol. The molecule has 0 saturated heterocycles. The Morgan fingerprint density at radius 1 is 1.15 bits per heavy atom. The SMILES string of the molecule is O=C(OCc1ccc(C(F)(F)F)cc1)c1cc2c(cc1[N+](=O)[O-])OCO2. The van der Waals surface area contributed by atoms with Crippen LogP contribution < -0.4 is 9.47 Å². The van der Waals surface area contributed by atoms with Crippen molar-refractivity contribution in [2.24, 2.45) is 0 Å². The molecule has 0 aliphatic carbocycles. The number of benzene rings is 2. The molecular weight excluding hydrogens is 359 g/mol. The largest absolute Gasteiger partial charge is 0.457 e. The molecular formula is C16H10F3NO6. The van der Waals surface area contributed by atoms with Gasteiger partial charge in [-0.25, -0.2) is 4.79 Å². The number of esters is 1. The molecule has 0 unspecified atom stereocenters. The number of hydrogen-bond donors (Lipinski definition) is 0. The van der Waals surface area contributed by atoms with Crippen LogP contribution in [-0.4, -0.2) is 17.7 Å². The molecule has 0 aromatic heterocycles. The molecule has 0 amide bonds. The molecule has 2 aromatic carbocycles. The minimum absolute atomic E-state index is 0.128. The van der Waals surface area contributed by atoms with Crippen molar-refractivity contribution in [3.63, 3.8) is 0 Å². The van der Waals surface area contributed by atoms with Gasteiger partial charge in [-0.15, -0.1) is 0 Å². The first-order valence-electron chi connectivity index (χ1n) is 7.17. The summed E-state index contributed by atoms with van der Waals surface area (Å²) >= 11 is 0. The molecule has 136 valence electrons. The molecule has 0 atom stereocenters. The molecule has 26 heavy (non-hydrogen) atoms. The van der Waals surface area contributed by atoms with Crippen LogP contribution in [-0.2, 0) is 17.5 Å². The number of nitro groups is 1. The number of nitro benzene ring substituents is 1. The first-order valence-corrected chi connectivity index (χ1v) is 7.17. The van der Waals surface area contributed by atoms with Crippen LogP contribution in [0.2, 0.25) is 0 Å². The molecule has 10 heteroatoms. The van der Waals surface area contributed by atoms with Gasteiger partial charge in [0.25, 0.3) is 5.69 Å². The quantitative estimate of drug-likeness (QED) is 0.464. The van der Waals surface area contributed by atoms with Crippen LogP contribution in [0.3, 0.4) is 0 Å². The Balaban J connectivity index is 1.75. The zero-order chi connectivity index (χ0) is 18.9. The van der Waals surface area contributed by atoms with Crippen molar-refractivity contribution in [3.05, 3.63) is 63.2 Å². The number of ether oxygens (including phenoxy) is 3. The fourth-order valence-electron chi connectivity index (χ4n) is 2.26. The van der Waals surface area contributed by atoms with Gasteiger partial charge in [-0.05, 0) is 17.7 Å². The van der Waals surface area contributed by atoms with Gasteiger partial charge in [0, 0.05) is 6.07 Å². The van der Waals surface area contributed by atoms with E-state index in [4.69, 9.17) is 14.2 Å². The highest BCUT2D eigenvalue weighted by Crippen LogP contribution is 2.38. The summed E-state index contributed by atoms with van der Waals surface area (Å²) in [5, 5.41) is 11.1. The summed E-state index contributed by atoms with van der Waals surface area (Å²) in [6.07, 6.45) is -4.47. The van der Waals surface area contributed by atoms with Crippen molar-refractivity contribution < 1.29 is 37.1 Å². The third kappa shape index (κ3) is 3.53. The van der Waals surface area contributed by atoms with E-state index in [1.165, 1.54) is 0 Å². The number of carbonyl (C=O) groups excluding carboxylic acids is 1. The summed E-state index contributed by atoms with van der Waals surface area (Å²) in [6, 6.07) is 6.21. The van der Waals surface area contributed by atoms with E-state index in [1.807, 2.05) is 0 Å². The van der Waals surface area contributed by atoms with Crippen molar-refractivity contribution in [1.82, 2.24) is 0 Å². The van der Waals surface area contributed by atoms with Crippen LogP contribution >= 0.6 is 0 Å². The van der Waals surface area contributed by atoms with Crippen LogP contribution in [0.25, 0.3) is 0 Å². The summed E-state index contributed by atoms with van der Waals surface area (Å²) in [6.45, 7) is -0.473. The second kappa shape index (κ2) is 6.54. The van der Waals surface area contributed by atoms with E-state index in [1.54, 1.807) is 0 Å². The highest BCUT2D eigenvalue weighted by Gasteiger charge is 2.30. The molecule has 0 fully saturated rings. The van der Waals surface area contributed by atoms with Crippen molar-refractivity contribution in [3.8, 4) is 11.5 Å². The minimum atomic E-state index is -4.47. The smallest absolute Gasteiger partial charge is 0.416 e. The average Bonchev–Trinajstić information content (AvgIpc) is 3.05. The van der Waals surface area contributed by atoms with Gasteiger partial charge >= 0.3 is 12.1 Å². The molecule has 1 aliphatic rings. The molecule has 2 aromatic rings. The van der Waals surface area contributed by atoms with Crippen LogP contribution in [0.15, 0.2) is 36.4 Å². The van der Waals surface area contributed by atoms with Crippen LogP contribution in [0.5, 0.6) is 11.5 Å². The van der Waals surface area contributed by atoms with Crippen molar-refractivity contribution >= 4 is 11.7 Å². The summed E-state index contributed by atoms with van der Waals surface area (Å²) in [5.41, 5.74) is -1.40. The van der Waals surface area contributed by atoms with Gasteiger partial charge in [0.2, 0.25) is 6.79 Å². The standard InChI is InChI=1S/C16H10F3NO6/c17-16(18,19)10-3-1-9(2-4-10)7-24-15(21)11-5-13-14(26-8-25-13)6-12(11)20(22)23/h1-6H,7-8H2. The number of halogens is 3. The summed E-state index contributed by atoms with van der Waals surface area (Å²) in [4.78, 5) is 22.5. The Morgan fingerprint density at radius 2 is 1.77 bits per heavy atom. The normalized spacial score (nSPS) is 12.7. The molecule has 0 N–H and O–H groups in total. The number of hydrogen-bond acceptors (Lipinski definition) is 6. The van der Waals surface area contributed by atoms with E-state index in [-0.39, 0.29) is 30.5 Å². The Labute approximate surface area is 144 Å². The topological polar surface area (TPSA) is 87.9 Å². The molecule has 1 aliphatic heterocycles. The number of nitrogens with zero attached hydrogens (tertiary/aromatic N) is 1. The molecule has 0 spiro atoms. The van der Waals surface area contributed by atoms with E-state index in [0.717, 1.165) is 36.4 Å². The maximum Gasteiger partial charge on any atom is 0.416 e. The van der Waals surface area contributed by atoms with Gasteiger partial charge in [-0.3, -0.25) is 10.1 Å². The minimum Gasteiger partial charge on any atom is -0.457 e. The highest BCUT2D eigenvalue weighted by atomic mass is 19.4. The van der Waals surface area contributed by atoms with Gasteiger partial charge in [-0.1, -0.05) is 12.1 Å². The number of carbonyl (C=O) groups is 1. The predicted octanol–water partition coefficient (Wildman–Crippen LogP) is 3.70. The van der Waals surface area contributed by atoms with Crippen molar-refractivity contribution in [1.29, 1.82) is 0 Å². The third-order valence-electron chi connectivity index (χ3n) is 3.56. The van der Waals surface area contributed by atoms with Crippen LogP contribution in [0.1, 0.15) is 21.5 Å². The lowest BCUT2D eigenvalue weighted by Crippen LogP contribution is -2.09. The summed E-state index contributed by atoms with van der Waals surface area (Å²) < 4.78 is 52.6. The first kappa shape index (κ1) is 17.5. The molecule has 3 rings (SSSR count). The van der Waals surface area contributed by atoms with Crippen molar-refractivity contribution in [2.75, 3.05) is 6.79 Å². The zero-order valence-electron chi connectivity index (χ0n) is 12.9. The molecule has 1 heterocycles. The fourth-order valence-corrected chi connectivity index (χ4v) is 2.26. The Morgan fingerprint density at radius 3 is 2.35 bits per heavy atom. The van der Waals surface area contributed by atoms with E-state index in [0.29, 0.717) is 5.56 Å². The lowest BCUT2D eigenvalue weighted by Gasteiger charge is -2.09. The van der Waals surface area contributed by atoms with Gasteiger partial charge < -0.3 is 14.2 Å². The lowest BCUT2D eigenvalue weighted by molar-refractivity contribution is -0.385. The lowest BCUT2D eigenvalue weighted by atomic mass is 10.1. The second-order valence-electron chi connectivity index (χ2n) is 5.25. The van der Waals surface area contributed by atoms with Crippen LogP contribution in [0.4, 0.5) is 18.9 Å². The van der Waals surface area contributed by atoms with E-state index in [9.17, 15) is 28.1 Å². The van der Waals surface area contributed by atoms with Crippen LogP contribution in [0, 0.1) is 10.1 Å². The molecule has 7 nitrogen and oxygen atoms in total. The zero-order valence-corrected chi connectivity index (χ0v) is 12.9. The summed E-state index contributed by atoms with van der Waals surface area (Å²) in [7, 11) is 0. The maximum absolute atomic E-state index is 12.5. The first-order chi connectivity index (χ1) is 12.3. The van der Waals surface area contributed by atoms with E-state index < -0.39 is 28.3 Å². The highest BCUT2D eigenvalue weighted by molar-refractivity contribution is 5.95. The van der Waals surface area contributed by atoms with Crippen molar-refractivity contribution in [2.45, 2.75) is 12.8 Å². The fraction of sp³-hybridized carbons (Fsp3) is 0.188. The number of alkyl halides is 3. The monoisotopic (exact) mass is 369 g/mol. The Hall–Kier alpha value is -3.30. The maximum atomic E-state index is 12.5. The van der Waals surface area contributed by atoms with Gasteiger partial charge in [0.15, 0.2) is 11.5 Å². The molecule has 0 radical (unpaired) electrons. The summed E-state index contributed by atoms with van der Waals surface area (Å²) in [5.74, 6) is -0.706.